The number of nitrogens with one attached hydrogen (secondary N) is 1. The fourth-order valence-corrected chi connectivity index (χ4v) is 2.99. The maximum Gasteiger partial charge on any atom is 0.412 e. The van der Waals surface area contributed by atoms with Crippen molar-refractivity contribution in [1.29, 1.82) is 0 Å². The highest BCUT2D eigenvalue weighted by molar-refractivity contribution is 5.84. The molecule has 0 spiro atoms. The maximum atomic E-state index is 11.8. The number of likely N-dealkylation sites (tertiary alicyclic amines) is 1. The third-order valence-corrected chi connectivity index (χ3v) is 4.31. The zero-order valence-electron chi connectivity index (χ0n) is 14.5. The Morgan fingerprint density at radius 1 is 1.35 bits per heavy atom. The summed E-state index contributed by atoms with van der Waals surface area (Å²) >= 11 is 0. The Kier molecular flexibility index (Phi) is 5.73. The topological polar surface area (TPSA) is 93.9 Å². The van der Waals surface area contributed by atoms with Crippen LogP contribution in [-0.4, -0.2) is 42.3 Å². The van der Waals surface area contributed by atoms with Crippen molar-refractivity contribution >= 4 is 17.9 Å². The lowest BCUT2D eigenvalue weighted by Gasteiger charge is -2.32. The van der Waals surface area contributed by atoms with Gasteiger partial charge in [-0.15, -0.1) is 0 Å². The molecule has 1 aromatic heterocycles. The minimum absolute atomic E-state index is 0.0232. The van der Waals surface area contributed by atoms with Gasteiger partial charge in [0.2, 0.25) is 0 Å². The molecule has 8 nitrogen and oxygen atoms in total. The van der Waals surface area contributed by atoms with Gasteiger partial charge in [-0.25, -0.2) is 14.6 Å². The van der Waals surface area contributed by atoms with Gasteiger partial charge < -0.3 is 18.8 Å². The molecule has 0 unspecified atom stereocenters. The van der Waals surface area contributed by atoms with Crippen LogP contribution >= 0.6 is 0 Å². The van der Waals surface area contributed by atoms with Crippen molar-refractivity contribution in [2.45, 2.75) is 25.4 Å². The van der Waals surface area contributed by atoms with E-state index in [1.807, 2.05) is 24.3 Å². The van der Waals surface area contributed by atoms with Crippen molar-refractivity contribution in [2.75, 3.05) is 25.5 Å². The van der Waals surface area contributed by atoms with Crippen molar-refractivity contribution in [3.8, 4) is 0 Å². The predicted octanol–water partition coefficient (Wildman–Crippen LogP) is 3.37. The Morgan fingerprint density at radius 3 is 2.85 bits per heavy atom. The number of benzene rings is 1. The largest absolute Gasteiger partial charge is 0.453 e. The lowest BCUT2D eigenvalue weighted by atomic mass is 9.91. The molecule has 2 amide bonds. The summed E-state index contributed by atoms with van der Waals surface area (Å²) in [6.45, 7) is 1.38. The SMILES string of the molecule is COC(=O)N1CCC[C@@H](c2ccc(NC(=O)OCc3cnco3)cc2)C1. The highest BCUT2D eigenvalue weighted by Gasteiger charge is 2.25. The molecule has 1 N–H and O–H groups in total. The molecule has 1 aliphatic rings. The Balaban J connectivity index is 1.52. The molecule has 8 heteroatoms. The Labute approximate surface area is 151 Å². The number of hydrogen-bond donors (Lipinski definition) is 1. The molecule has 1 fully saturated rings. The van der Waals surface area contributed by atoms with Crippen LogP contribution in [0.25, 0.3) is 0 Å². The lowest BCUT2D eigenvalue weighted by molar-refractivity contribution is 0.111. The van der Waals surface area contributed by atoms with Gasteiger partial charge in [0.25, 0.3) is 0 Å². The molecular weight excluding hydrogens is 338 g/mol. The number of carbonyl (C=O) groups is 2. The monoisotopic (exact) mass is 359 g/mol. The van der Waals surface area contributed by atoms with Crippen LogP contribution in [-0.2, 0) is 16.1 Å². The molecular formula is C18H21N3O5. The quantitative estimate of drug-likeness (QED) is 0.899. The number of hydrogen-bond acceptors (Lipinski definition) is 6. The van der Waals surface area contributed by atoms with E-state index in [0.717, 1.165) is 24.9 Å². The van der Waals surface area contributed by atoms with Gasteiger partial charge in [0, 0.05) is 24.7 Å². The van der Waals surface area contributed by atoms with Crippen LogP contribution in [0.5, 0.6) is 0 Å². The molecule has 1 atom stereocenters. The molecule has 2 aromatic rings. The van der Waals surface area contributed by atoms with Gasteiger partial charge in [-0.1, -0.05) is 12.1 Å². The van der Waals surface area contributed by atoms with E-state index < -0.39 is 6.09 Å². The highest BCUT2D eigenvalue weighted by Crippen LogP contribution is 2.28. The molecule has 3 rings (SSSR count). The third-order valence-electron chi connectivity index (χ3n) is 4.31. The van der Waals surface area contributed by atoms with Gasteiger partial charge in [0.1, 0.15) is 0 Å². The molecule has 1 aliphatic heterocycles. The van der Waals surface area contributed by atoms with Crippen molar-refractivity contribution in [1.82, 2.24) is 9.88 Å². The van der Waals surface area contributed by atoms with Crippen LogP contribution in [0.3, 0.4) is 0 Å². The molecule has 1 saturated heterocycles. The average Bonchev–Trinajstić information content (AvgIpc) is 3.20. The van der Waals surface area contributed by atoms with Gasteiger partial charge in [0.15, 0.2) is 18.8 Å². The number of nitrogens with zero attached hydrogens (tertiary/aromatic N) is 2. The number of piperidine rings is 1. The second-order valence-electron chi connectivity index (χ2n) is 6.05. The second-order valence-corrected chi connectivity index (χ2v) is 6.05. The first-order valence-corrected chi connectivity index (χ1v) is 8.39. The van der Waals surface area contributed by atoms with Crippen molar-refractivity contribution < 1.29 is 23.5 Å². The van der Waals surface area contributed by atoms with Crippen LogP contribution < -0.4 is 5.32 Å². The summed E-state index contributed by atoms with van der Waals surface area (Å²) in [7, 11) is 1.40. The number of rotatable bonds is 4. The number of aromatic nitrogens is 1. The molecule has 1 aromatic carbocycles. The van der Waals surface area contributed by atoms with Crippen molar-refractivity contribution in [3.05, 3.63) is 48.2 Å². The number of methoxy groups -OCH3 is 1. The first-order valence-electron chi connectivity index (χ1n) is 8.39. The zero-order chi connectivity index (χ0) is 18.4. The van der Waals surface area contributed by atoms with Gasteiger partial charge in [-0.3, -0.25) is 5.32 Å². The molecule has 0 saturated carbocycles. The van der Waals surface area contributed by atoms with Crippen LogP contribution in [0.1, 0.15) is 30.1 Å². The summed E-state index contributed by atoms with van der Waals surface area (Å²) in [6.07, 6.45) is 3.87. The summed E-state index contributed by atoms with van der Waals surface area (Å²) in [4.78, 5) is 29.0. The summed E-state index contributed by atoms with van der Waals surface area (Å²) < 4.78 is 14.8. The van der Waals surface area contributed by atoms with E-state index in [-0.39, 0.29) is 18.6 Å². The standard InChI is InChI=1S/C18H21N3O5/c1-24-18(23)21-8-2-3-14(10-21)13-4-6-15(7-5-13)20-17(22)25-11-16-9-19-12-26-16/h4-7,9,12,14H,2-3,8,10-11H2,1H3,(H,20,22)/t14-/m1/s1. The fraction of sp³-hybridized carbons (Fsp3) is 0.389. The maximum absolute atomic E-state index is 11.8. The molecule has 0 bridgehead atoms. The summed E-state index contributed by atoms with van der Waals surface area (Å²) in [5.74, 6) is 0.735. The van der Waals surface area contributed by atoms with Crippen molar-refractivity contribution in [3.63, 3.8) is 0 Å². The minimum atomic E-state index is -0.566. The van der Waals surface area contributed by atoms with E-state index in [2.05, 4.69) is 10.3 Å². The predicted molar refractivity (Wildman–Crippen MR) is 92.7 cm³/mol. The van der Waals surface area contributed by atoms with Gasteiger partial charge in [0.05, 0.1) is 13.3 Å². The number of carbonyl (C=O) groups excluding carboxylic acids is 2. The summed E-state index contributed by atoms with van der Waals surface area (Å²) in [6, 6.07) is 7.55. The molecule has 0 aliphatic carbocycles. The normalized spacial score (nSPS) is 16.8. The molecule has 0 radical (unpaired) electrons. The van der Waals surface area contributed by atoms with E-state index in [9.17, 15) is 9.59 Å². The number of oxazole rings is 1. The van der Waals surface area contributed by atoms with E-state index >= 15 is 0 Å². The van der Waals surface area contributed by atoms with Crippen LogP contribution in [0.4, 0.5) is 15.3 Å². The number of ether oxygens (including phenoxy) is 2. The molecule has 26 heavy (non-hydrogen) atoms. The minimum Gasteiger partial charge on any atom is -0.453 e. The molecule has 138 valence electrons. The fourth-order valence-electron chi connectivity index (χ4n) is 2.99. The van der Waals surface area contributed by atoms with E-state index in [0.29, 0.717) is 18.0 Å². The first-order chi connectivity index (χ1) is 12.7. The van der Waals surface area contributed by atoms with Gasteiger partial charge in [-0.2, -0.15) is 0 Å². The van der Waals surface area contributed by atoms with Gasteiger partial charge >= 0.3 is 12.2 Å². The molecule has 2 heterocycles. The zero-order valence-corrected chi connectivity index (χ0v) is 14.5. The van der Waals surface area contributed by atoms with E-state index in [4.69, 9.17) is 13.9 Å². The number of amides is 2. The highest BCUT2D eigenvalue weighted by atomic mass is 16.6. The first kappa shape index (κ1) is 17.8. The Morgan fingerprint density at radius 2 is 2.15 bits per heavy atom. The van der Waals surface area contributed by atoms with Crippen LogP contribution in [0.2, 0.25) is 0 Å². The number of anilines is 1. The summed E-state index contributed by atoms with van der Waals surface area (Å²) in [5.41, 5.74) is 1.76. The summed E-state index contributed by atoms with van der Waals surface area (Å²) in [5, 5.41) is 2.66. The van der Waals surface area contributed by atoms with Gasteiger partial charge in [-0.05, 0) is 30.5 Å². The lowest BCUT2D eigenvalue weighted by Crippen LogP contribution is -2.38. The second kappa shape index (κ2) is 8.37. The van der Waals surface area contributed by atoms with E-state index in [1.54, 1.807) is 4.90 Å². The van der Waals surface area contributed by atoms with E-state index in [1.165, 1.54) is 19.7 Å². The van der Waals surface area contributed by atoms with Crippen LogP contribution in [0.15, 0.2) is 41.3 Å². The van der Waals surface area contributed by atoms with Crippen molar-refractivity contribution in [2.24, 2.45) is 0 Å². The average molecular weight is 359 g/mol. The smallest absolute Gasteiger partial charge is 0.412 e. The Hall–Kier alpha value is -3.03. The Bertz CT molecular complexity index is 730. The van der Waals surface area contributed by atoms with Crippen LogP contribution in [0, 0.1) is 0 Å². The third kappa shape index (κ3) is 4.53.